The van der Waals surface area contributed by atoms with Gasteiger partial charge in [-0.25, -0.2) is 4.99 Å². The van der Waals surface area contributed by atoms with Gasteiger partial charge >= 0.3 is 0 Å². The van der Waals surface area contributed by atoms with Crippen LogP contribution >= 0.6 is 39.9 Å². The van der Waals surface area contributed by atoms with E-state index in [9.17, 15) is 0 Å². The van der Waals surface area contributed by atoms with Crippen LogP contribution in [0.4, 0.5) is 0 Å². The summed E-state index contributed by atoms with van der Waals surface area (Å²) in [5.41, 5.74) is 1.02. The summed E-state index contributed by atoms with van der Waals surface area (Å²) in [6.07, 6.45) is 1.66. The van der Waals surface area contributed by atoms with E-state index in [0.717, 1.165) is 34.1 Å². The van der Waals surface area contributed by atoms with Crippen LogP contribution in [0, 0.1) is 0 Å². The second-order valence-electron chi connectivity index (χ2n) is 4.58. The van der Waals surface area contributed by atoms with Crippen molar-refractivity contribution in [1.82, 2.24) is 10.6 Å². The summed E-state index contributed by atoms with van der Waals surface area (Å²) in [4.78, 5) is 4.58. The average molecular weight is 494 g/mol. The highest BCUT2D eigenvalue weighted by Crippen LogP contribution is 2.23. The molecule has 5 nitrogen and oxygen atoms in total. The molecule has 2 aromatic rings. The number of hydrogen-bond acceptors (Lipinski definition) is 3. The van der Waals surface area contributed by atoms with Gasteiger partial charge in [0.1, 0.15) is 11.5 Å². The number of nitrogens with one attached hydrogen (secondary N) is 2. The van der Waals surface area contributed by atoms with Gasteiger partial charge in [-0.1, -0.05) is 15.9 Å². The van der Waals surface area contributed by atoms with Crippen molar-refractivity contribution in [1.29, 1.82) is 0 Å². The smallest absolute Gasteiger partial charge is 0.191 e. The van der Waals surface area contributed by atoms with Crippen molar-refractivity contribution in [3.8, 4) is 5.75 Å². The van der Waals surface area contributed by atoms with Crippen LogP contribution in [0.2, 0.25) is 0 Å². The summed E-state index contributed by atoms with van der Waals surface area (Å²) in [6, 6.07) is 9.68. The monoisotopic (exact) mass is 493 g/mol. The molecule has 2 rings (SSSR count). The van der Waals surface area contributed by atoms with Crippen LogP contribution in [-0.2, 0) is 13.1 Å². The molecule has 1 heterocycles. The number of nitrogens with zero attached hydrogens (tertiary/aromatic N) is 1. The van der Waals surface area contributed by atoms with E-state index in [-0.39, 0.29) is 24.0 Å². The maximum atomic E-state index is 5.37. The van der Waals surface area contributed by atoms with Gasteiger partial charge < -0.3 is 19.8 Å². The predicted molar refractivity (Wildman–Crippen MR) is 106 cm³/mol. The molecule has 23 heavy (non-hydrogen) atoms. The van der Waals surface area contributed by atoms with E-state index in [1.165, 1.54) is 0 Å². The van der Waals surface area contributed by atoms with E-state index in [4.69, 9.17) is 9.15 Å². The van der Waals surface area contributed by atoms with Gasteiger partial charge in [0.15, 0.2) is 5.96 Å². The summed E-state index contributed by atoms with van der Waals surface area (Å²) in [7, 11) is 1.66. The van der Waals surface area contributed by atoms with E-state index >= 15 is 0 Å². The number of benzene rings is 1. The Morgan fingerprint density at radius 1 is 1.30 bits per heavy atom. The molecule has 0 fully saturated rings. The van der Waals surface area contributed by atoms with Crippen LogP contribution in [0.5, 0.6) is 5.75 Å². The lowest BCUT2D eigenvalue weighted by atomic mass is 10.2. The Morgan fingerprint density at radius 3 is 2.78 bits per heavy atom. The Hall–Kier alpha value is -1.22. The van der Waals surface area contributed by atoms with E-state index in [1.807, 2.05) is 37.3 Å². The molecule has 0 spiro atoms. The molecule has 0 radical (unpaired) electrons. The second-order valence-corrected chi connectivity index (χ2v) is 5.50. The zero-order chi connectivity index (χ0) is 15.8. The van der Waals surface area contributed by atoms with Gasteiger partial charge in [0.2, 0.25) is 0 Å². The fourth-order valence-corrected chi connectivity index (χ4v) is 2.37. The van der Waals surface area contributed by atoms with E-state index in [1.54, 1.807) is 13.4 Å². The van der Waals surface area contributed by atoms with Crippen LogP contribution in [0.3, 0.4) is 0 Å². The molecule has 1 aromatic heterocycles. The Bertz CT molecular complexity index is 618. The average Bonchev–Trinajstić information content (AvgIpc) is 3.03. The minimum atomic E-state index is 0. The van der Waals surface area contributed by atoms with Crippen LogP contribution in [-0.4, -0.2) is 19.6 Å². The molecule has 0 aliphatic heterocycles. The second kappa shape index (κ2) is 10.5. The van der Waals surface area contributed by atoms with Gasteiger partial charge in [-0.05, 0) is 37.3 Å². The SMILES string of the molecule is CCNC(=NCc1cc(Br)ccc1OC)NCc1ccco1.I. The molecule has 7 heteroatoms. The number of furan rings is 1. The summed E-state index contributed by atoms with van der Waals surface area (Å²) < 4.78 is 11.7. The van der Waals surface area contributed by atoms with Crippen molar-refractivity contribution in [3.05, 3.63) is 52.4 Å². The number of methoxy groups -OCH3 is 1. The van der Waals surface area contributed by atoms with Crippen molar-refractivity contribution >= 4 is 45.9 Å². The fourth-order valence-electron chi connectivity index (χ4n) is 1.96. The first-order valence-corrected chi connectivity index (χ1v) is 7.89. The van der Waals surface area contributed by atoms with E-state index in [0.29, 0.717) is 13.1 Å². The summed E-state index contributed by atoms with van der Waals surface area (Å²) >= 11 is 3.47. The van der Waals surface area contributed by atoms with Crippen molar-refractivity contribution < 1.29 is 9.15 Å². The van der Waals surface area contributed by atoms with Crippen molar-refractivity contribution in [2.24, 2.45) is 4.99 Å². The third-order valence-electron chi connectivity index (χ3n) is 3.00. The van der Waals surface area contributed by atoms with Gasteiger partial charge in [0.05, 0.1) is 26.5 Å². The quantitative estimate of drug-likeness (QED) is 0.363. The first kappa shape index (κ1) is 19.8. The molecular formula is C16H21BrIN3O2. The standard InChI is InChI=1S/C16H20BrN3O2.HI/c1-3-18-16(20-11-14-5-4-8-22-14)19-10-12-9-13(17)6-7-15(12)21-2;/h4-9H,3,10-11H2,1-2H3,(H2,18,19,20);1H. The Balaban J connectivity index is 0.00000264. The first-order valence-electron chi connectivity index (χ1n) is 7.10. The normalized spacial score (nSPS) is 10.8. The maximum absolute atomic E-state index is 5.37. The molecular weight excluding hydrogens is 473 g/mol. The third kappa shape index (κ3) is 6.42. The molecule has 126 valence electrons. The molecule has 0 unspecified atom stereocenters. The van der Waals surface area contributed by atoms with Gasteiger partial charge in [0, 0.05) is 16.6 Å². The molecule has 0 atom stereocenters. The number of rotatable bonds is 6. The lowest BCUT2D eigenvalue weighted by Gasteiger charge is -2.11. The van der Waals surface area contributed by atoms with Crippen LogP contribution in [0.1, 0.15) is 18.2 Å². The maximum Gasteiger partial charge on any atom is 0.191 e. The van der Waals surface area contributed by atoms with Crippen LogP contribution in [0.25, 0.3) is 0 Å². The van der Waals surface area contributed by atoms with Crippen LogP contribution < -0.4 is 15.4 Å². The minimum absolute atomic E-state index is 0. The molecule has 0 aliphatic carbocycles. The number of guanidine groups is 1. The largest absolute Gasteiger partial charge is 0.496 e. The topological polar surface area (TPSA) is 58.8 Å². The highest BCUT2D eigenvalue weighted by molar-refractivity contribution is 14.0. The number of hydrogen-bond donors (Lipinski definition) is 2. The van der Waals surface area contributed by atoms with Gasteiger partial charge in [-0.15, -0.1) is 24.0 Å². The Kier molecular flexibility index (Phi) is 9.08. The molecule has 0 saturated carbocycles. The zero-order valence-corrected chi connectivity index (χ0v) is 17.1. The van der Waals surface area contributed by atoms with Gasteiger partial charge in [0.25, 0.3) is 0 Å². The van der Waals surface area contributed by atoms with Gasteiger partial charge in [-0.3, -0.25) is 0 Å². The molecule has 2 N–H and O–H groups in total. The third-order valence-corrected chi connectivity index (χ3v) is 3.50. The number of aliphatic imine (C=N–C) groups is 1. The highest BCUT2D eigenvalue weighted by atomic mass is 127. The molecule has 0 amide bonds. The first-order chi connectivity index (χ1) is 10.7. The summed E-state index contributed by atoms with van der Waals surface area (Å²) in [5.74, 6) is 2.43. The van der Waals surface area contributed by atoms with Crippen LogP contribution in [0.15, 0.2) is 50.5 Å². The molecule has 0 bridgehead atoms. The number of ether oxygens (including phenoxy) is 1. The van der Waals surface area contributed by atoms with E-state index < -0.39 is 0 Å². The summed E-state index contributed by atoms with van der Waals surface area (Å²) in [5, 5.41) is 6.45. The van der Waals surface area contributed by atoms with Gasteiger partial charge in [-0.2, -0.15) is 0 Å². The lowest BCUT2D eigenvalue weighted by molar-refractivity contribution is 0.409. The molecule has 0 aliphatic rings. The fraction of sp³-hybridized carbons (Fsp3) is 0.312. The molecule has 0 saturated heterocycles. The van der Waals surface area contributed by atoms with E-state index in [2.05, 4.69) is 31.6 Å². The summed E-state index contributed by atoms with van der Waals surface area (Å²) in [6.45, 7) is 3.94. The Morgan fingerprint density at radius 2 is 2.13 bits per heavy atom. The predicted octanol–water partition coefficient (Wildman–Crippen LogP) is 3.92. The number of halogens is 2. The lowest BCUT2D eigenvalue weighted by Crippen LogP contribution is -2.36. The molecule has 1 aromatic carbocycles. The van der Waals surface area contributed by atoms with Crippen molar-refractivity contribution in [3.63, 3.8) is 0 Å². The highest BCUT2D eigenvalue weighted by Gasteiger charge is 2.05. The van der Waals surface area contributed by atoms with Crippen molar-refractivity contribution in [2.75, 3.05) is 13.7 Å². The van der Waals surface area contributed by atoms with Crippen molar-refractivity contribution in [2.45, 2.75) is 20.0 Å². The zero-order valence-electron chi connectivity index (χ0n) is 13.1. The minimum Gasteiger partial charge on any atom is -0.496 e. The Labute approximate surface area is 162 Å².